The number of methoxy groups -OCH3 is 2. The minimum absolute atomic E-state index is 0.0153. The molecule has 1 atom stereocenters. The average Bonchev–Trinajstić information content (AvgIpc) is 3.22. The highest BCUT2D eigenvalue weighted by Crippen LogP contribution is 2.41. The zero-order valence-corrected chi connectivity index (χ0v) is 23.5. The number of hydrogen-bond donors (Lipinski definition) is 1. The number of aliphatic hydroxyl groups is 1. The monoisotopic (exact) mass is 545 g/mol. The molecule has 8 heteroatoms. The Morgan fingerprint density at radius 1 is 0.900 bits per heavy atom. The lowest BCUT2D eigenvalue weighted by molar-refractivity contribution is -0.140. The van der Waals surface area contributed by atoms with E-state index in [2.05, 4.69) is 0 Å². The van der Waals surface area contributed by atoms with Crippen molar-refractivity contribution in [3.63, 3.8) is 0 Å². The van der Waals surface area contributed by atoms with Crippen LogP contribution in [0.15, 0.2) is 72.3 Å². The predicted molar refractivity (Wildman–Crippen MR) is 152 cm³/mol. The lowest BCUT2D eigenvalue weighted by atomic mass is 9.93. The Balaban J connectivity index is 1.73. The van der Waals surface area contributed by atoms with E-state index in [-0.39, 0.29) is 30.4 Å². The van der Waals surface area contributed by atoms with Crippen molar-refractivity contribution in [3.05, 3.63) is 89.0 Å². The van der Waals surface area contributed by atoms with Gasteiger partial charge in [-0.15, -0.1) is 0 Å². The van der Waals surface area contributed by atoms with Gasteiger partial charge in [-0.25, -0.2) is 0 Å². The van der Waals surface area contributed by atoms with E-state index in [0.29, 0.717) is 35.0 Å². The highest BCUT2D eigenvalue weighted by molar-refractivity contribution is 6.46. The van der Waals surface area contributed by atoms with E-state index in [1.807, 2.05) is 26.8 Å². The summed E-state index contributed by atoms with van der Waals surface area (Å²) in [7, 11) is 3.13. The lowest BCUT2D eigenvalue weighted by Crippen LogP contribution is -2.33. The second-order valence-electron chi connectivity index (χ2n) is 9.63. The standard InChI is InChI=1S/C32H35NO7/c1-6-39-27-15-10-22(19-26(27)20(2)3)30(34)28-29(21-8-7-9-25(18-21)38-5)33(32(36)31(28)35)16-17-40-24-13-11-23(37-4)12-14-24/h7-15,18-20,29,34H,6,16-17H2,1-5H3/b30-28-. The molecule has 0 bridgehead atoms. The molecule has 4 rings (SSSR count). The topological polar surface area (TPSA) is 94.5 Å². The maximum absolute atomic E-state index is 13.4. The van der Waals surface area contributed by atoms with Gasteiger partial charge < -0.3 is 29.0 Å². The van der Waals surface area contributed by atoms with Gasteiger partial charge in [-0.05, 0) is 78.6 Å². The Morgan fingerprint density at radius 3 is 2.25 bits per heavy atom. The Morgan fingerprint density at radius 2 is 1.60 bits per heavy atom. The number of aliphatic hydroxyl groups excluding tert-OH is 1. The Kier molecular flexibility index (Phi) is 8.99. The van der Waals surface area contributed by atoms with E-state index in [9.17, 15) is 14.7 Å². The zero-order chi connectivity index (χ0) is 28.8. The van der Waals surface area contributed by atoms with Crippen molar-refractivity contribution in [3.8, 4) is 23.0 Å². The third-order valence-electron chi connectivity index (χ3n) is 6.81. The van der Waals surface area contributed by atoms with Crippen molar-refractivity contribution in [2.24, 2.45) is 0 Å². The zero-order valence-electron chi connectivity index (χ0n) is 23.5. The van der Waals surface area contributed by atoms with Gasteiger partial charge in [0.25, 0.3) is 11.7 Å². The van der Waals surface area contributed by atoms with Gasteiger partial charge in [0.1, 0.15) is 35.4 Å². The molecule has 1 heterocycles. The van der Waals surface area contributed by atoms with Crippen molar-refractivity contribution in [1.82, 2.24) is 4.90 Å². The van der Waals surface area contributed by atoms with Crippen LogP contribution in [-0.2, 0) is 9.59 Å². The Labute approximate surface area is 234 Å². The molecule has 1 fully saturated rings. The van der Waals surface area contributed by atoms with Crippen LogP contribution in [-0.4, -0.2) is 55.7 Å². The summed E-state index contributed by atoms with van der Waals surface area (Å²) in [6, 6.07) is 18.7. The van der Waals surface area contributed by atoms with Gasteiger partial charge in [-0.2, -0.15) is 0 Å². The quantitative estimate of drug-likeness (QED) is 0.187. The molecule has 3 aromatic carbocycles. The summed E-state index contributed by atoms with van der Waals surface area (Å²) < 4.78 is 22.2. The number of likely N-dealkylation sites (tertiary alicyclic amines) is 1. The lowest BCUT2D eigenvalue weighted by Gasteiger charge is -2.25. The predicted octanol–water partition coefficient (Wildman–Crippen LogP) is 5.73. The van der Waals surface area contributed by atoms with E-state index in [0.717, 1.165) is 11.3 Å². The molecule has 1 aliphatic heterocycles. The molecule has 1 aliphatic rings. The number of ether oxygens (including phenoxy) is 4. The first-order valence-corrected chi connectivity index (χ1v) is 13.2. The fourth-order valence-corrected chi connectivity index (χ4v) is 4.79. The normalized spacial score (nSPS) is 16.4. The van der Waals surface area contributed by atoms with Crippen LogP contribution in [0, 0.1) is 0 Å². The second kappa shape index (κ2) is 12.6. The van der Waals surface area contributed by atoms with Crippen molar-refractivity contribution < 1.29 is 33.6 Å². The van der Waals surface area contributed by atoms with Gasteiger partial charge in [0.2, 0.25) is 0 Å². The van der Waals surface area contributed by atoms with Crippen LogP contribution in [0.3, 0.4) is 0 Å². The highest BCUT2D eigenvalue weighted by Gasteiger charge is 2.46. The number of Topliss-reactive ketones (excluding diaryl/α,β-unsaturated/α-hetero) is 1. The van der Waals surface area contributed by atoms with Gasteiger partial charge in [-0.1, -0.05) is 26.0 Å². The molecule has 3 aromatic rings. The number of carbonyl (C=O) groups excluding carboxylic acids is 2. The molecule has 0 spiro atoms. The Hall–Kier alpha value is -4.46. The minimum Gasteiger partial charge on any atom is -0.507 e. The molecule has 0 aliphatic carbocycles. The van der Waals surface area contributed by atoms with Crippen molar-refractivity contribution in [2.45, 2.75) is 32.7 Å². The van der Waals surface area contributed by atoms with Gasteiger partial charge in [0.05, 0.1) is 39.0 Å². The Bertz CT molecular complexity index is 1390. The number of nitrogens with zero attached hydrogens (tertiary/aromatic N) is 1. The van der Waals surface area contributed by atoms with Crippen LogP contribution in [0.5, 0.6) is 23.0 Å². The van der Waals surface area contributed by atoms with Gasteiger partial charge in [0, 0.05) is 5.56 Å². The second-order valence-corrected chi connectivity index (χ2v) is 9.63. The first-order chi connectivity index (χ1) is 19.3. The first-order valence-electron chi connectivity index (χ1n) is 13.2. The molecule has 0 radical (unpaired) electrons. The summed E-state index contributed by atoms with van der Waals surface area (Å²) in [5, 5.41) is 11.5. The molecule has 8 nitrogen and oxygen atoms in total. The van der Waals surface area contributed by atoms with Crippen LogP contribution in [0.2, 0.25) is 0 Å². The SMILES string of the molecule is CCOc1ccc(/C(O)=C2/C(=O)C(=O)N(CCOc3ccc(OC)cc3)C2c2cccc(OC)c2)cc1C(C)C. The summed E-state index contributed by atoms with van der Waals surface area (Å²) in [6.45, 7) is 6.73. The van der Waals surface area contributed by atoms with Crippen molar-refractivity contribution in [2.75, 3.05) is 34.0 Å². The van der Waals surface area contributed by atoms with Gasteiger partial charge in [0.15, 0.2) is 0 Å². The molecule has 1 saturated heterocycles. The molecular formula is C32H35NO7. The number of hydrogen-bond acceptors (Lipinski definition) is 7. The third-order valence-corrected chi connectivity index (χ3v) is 6.81. The van der Waals surface area contributed by atoms with Gasteiger partial charge in [-0.3, -0.25) is 9.59 Å². The summed E-state index contributed by atoms with van der Waals surface area (Å²) in [5.74, 6) is 1.00. The molecular weight excluding hydrogens is 510 g/mol. The number of amides is 1. The molecule has 1 amide bonds. The maximum atomic E-state index is 13.4. The van der Waals surface area contributed by atoms with E-state index in [4.69, 9.17) is 18.9 Å². The fourth-order valence-electron chi connectivity index (χ4n) is 4.79. The molecule has 1 N–H and O–H groups in total. The molecule has 210 valence electrons. The van der Waals surface area contributed by atoms with Gasteiger partial charge >= 0.3 is 0 Å². The van der Waals surface area contributed by atoms with Crippen LogP contribution >= 0.6 is 0 Å². The summed E-state index contributed by atoms with van der Waals surface area (Å²) >= 11 is 0. The van der Waals surface area contributed by atoms with E-state index < -0.39 is 17.7 Å². The fraction of sp³-hybridized carbons (Fsp3) is 0.312. The van der Waals surface area contributed by atoms with Crippen molar-refractivity contribution in [1.29, 1.82) is 0 Å². The minimum atomic E-state index is -0.830. The van der Waals surface area contributed by atoms with Crippen molar-refractivity contribution >= 4 is 17.4 Å². The summed E-state index contributed by atoms with van der Waals surface area (Å²) in [5.41, 5.74) is 1.99. The molecule has 1 unspecified atom stereocenters. The van der Waals surface area contributed by atoms with Crippen LogP contribution in [0.4, 0.5) is 0 Å². The number of benzene rings is 3. The van der Waals surface area contributed by atoms with E-state index >= 15 is 0 Å². The van der Waals surface area contributed by atoms with Crippen LogP contribution in [0.1, 0.15) is 49.4 Å². The first kappa shape index (κ1) is 28.5. The average molecular weight is 546 g/mol. The third kappa shape index (κ3) is 5.91. The number of rotatable bonds is 11. The van der Waals surface area contributed by atoms with Crippen LogP contribution in [0.25, 0.3) is 5.76 Å². The summed E-state index contributed by atoms with van der Waals surface area (Å²) in [6.07, 6.45) is 0. The molecule has 40 heavy (non-hydrogen) atoms. The molecule has 0 aromatic heterocycles. The summed E-state index contributed by atoms with van der Waals surface area (Å²) in [4.78, 5) is 28.2. The molecule has 0 saturated carbocycles. The van der Waals surface area contributed by atoms with E-state index in [1.165, 1.54) is 4.90 Å². The maximum Gasteiger partial charge on any atom is 0.295 e. The largest absolute Gasteiger partial charge is 0.507 e. The smallest absolute Gasteiger partial charge is 0.295 e. The van der Waals surface area contributed by atoms with Crippen LogP contribution < -0.4 is 18.9 Å². The van der Waals surface area contributed by atoms with E-state index in [1.54, 1.807) is 74.9 Å². The number of ketones is 1. The number of carbonyl (C=O) groups is 2. The highest BCUT2D eigenvalue weighted by atomic mass is 16.5.